The highest BCUT2D eigenvalue weighted by molar-refractivity contribution is 5.82. The topological polar surface area (TPSA) is 73.1 Å². The maximum Gasteiger partial charge on any atom is 0.239 e. The Morgan fingerprint density at radius 1 is 1.36 bits per heavy atom. The molecule has 134 valence electrons. The number of rotatable bonds is 3. The summed E-state index contributed by atoms with van der Waals surface area (Å²) in [6.07, 6.45) is 3.28. The third-order valence-corrected chi connectivity index (χ3v) is 5.77. The normalized spacial score (nSPS) is 22.6. The van der Waals surface area contributed by atoms with E-state index in [1.54, 1.807) is 4.90 Å². The summed E-state index contributed by atoms with van der Waals surface area (Å²) >= 11 is 0. The number of nitrogens with zero attached hydrogens (tertiary/aromatic N) is 2. The van der Waals surface area contributed by atoms with Gasteiger partial charge in [0.25, 0.3) is 0 Å². The molecular formula is C19H27N5O. The quantitative estimate of drug-likeness (QED) is 0.792. The van der Waals surface area contributed by atoms with Crippen LogP contribution in [0.5, 0.6) is 0 Å². The van der Waals surface area contributed by atoms with Gasteiger partial charge in [-0.05, 0) is 62.4 Å². The average Bonchev–Trinajstić information content (AvgIpc) is 3.18. The number of hydrogen-bond acceptors (Lipinski definition) is 4. The van der Waals surface area contributed by atoms with Gasteiger partial charge >= 0.3 is 0 Å². The lowest BCUT2D eigenvalue weighted by atomic mass is 9.77. The largest absolute Gasteiger partial charge is 0.340 e. The van der Waals surface area contributed by atoms with Crippen LogP contribution in [0.25, 0.3) is 11.0 Å². The van der Waals surface area contributed by atoms with Gasteiger partial charge in [-0.15, -0.1) is 0 Å². The van der Waals surface area contributed by atoms with E-state index in [-0.39, 0.29) is 11.9 Å². The standard InChI is InChI=1S/C19H27N5O/c1-13-3-4-14-15(9-13)23-17(22-14)11-24(2)18(25)16-10-19(12-21-16)5-7-20-8-6-19/h3-4,9,16,20-21H,5-8,10-12H2,1-2H3,(H,22,23). The first kappa shape index (κ1) is 16.5. The second-order valence-corrected chi connectivity index (χ2v) is 7.79. The van der Waals surface area contributed by atoms with Gasteiger partial charge in [-0.25, -0.2) is 4.98 Å². The maximum atomic E-state index is 12.9. The van der Waals surface area contributed by atoms with Crippen LogP contribution in [0.2, 0.25) is 0 Å². The Morgan fingerprint density at radius 3 is 2.96 bits per heavy atom. The van der Waals surface area contributed by atoms with Gasteiger partial charge in [-0.3, -0.25) is 4.79 Å². The van der Waals surface area contributed by atoms with Crippen molar-refractivity contribution in [2.24, 2.45) is 5.41 Å². The summed E-state index contributed by atoms with van der Waals surface area (Å²) in [5.41, 5.74) is 3.50. The molecule has 0 bridgehead atoms. The SMILES string of the molecule is Cc1ccc2nc(CN(C)C(=O)C3CC4(CCNCC4)CN3)[nH]c2c1. The number of hydrogen-bond donors (Lipinski definition) is 3. The molecule has 1 aromatic heterocycles. The number of aromatic amines is 1. The van der Waals surface area contributed by atoms with E-state index < -0.39 is 0 Å². The number of aromatic nitrogens is 2. The number of fused-ring (bicyclic) bond motifs is 1. The van der Waals surface area contributed by atoms with Gasteiger partial charge < -0.3 is 20.5 Å². The molecule has 1 aromatic carbocycles. The molecule has 6 heteroatoms. The number of likely N-dealkylation sites (N-methyl/N-ethyl adjacent to an activating group) is 1. The van der Waals surface area contributed by atoms with Gasteiger partial charge in [-0.2, -0.15) is 0 Å². The zero-order chi connectivity index (χ0) is 17.4. The highest BCUT2D eigenvalue weighted by Gasteiger charge is 2.42. The van der Waals surface area contributed by atoms with Gasteiger partial charge in [0.05, 0.1) is 23.6 Å². The molecule has 2 aliphatic heterocycles. The van der Waals surface area contributed by atoms with Crippen LogP contribution in [0.3, 0.4) is 0 Å². The van der Waals surface area contributed by atoms with E-state index in [4.69, 9.17) is 0 Å². The van der Waals surface area contributed by atoms with Crippen molar-refractivity contribution in [2.45, 2.75) is 38.8 Å². The fourth-order valence-electron chi connectivity index (χ4n) is 4.25. The van der Waals surface area contributed by atoms with Gasteiger partial charge in [0.2, 0.25) is 5.91 Å². The number of aryl methyl sites for hydroxylation is 1. The lowest BCUT2D eigenvalue weighted by Crippen LogP contribution is -2.41. The first-order valence-corrected chi connectivity index (χ1v) is 9.19. The fraction of sp³-hybridized carbons (Fsp3) is 0.579. The molecule has 1 unspecified atom stereocenters. The molecule has 0 radical (unpaired) electrons. The molecule has 2 fully saturated rings. The molecule has 2 aromatic rings. The van der Waals surface area contributed by atoms with Crippen molar-refractivity contribution in [1.82, 2.24) is 25.5 Å². The number of carbonyl (C=O) groups is 1. The first-order valence-electron chi connectivity index (χ1n) is 9.19. The average molecular weight is 341 g/mol. The number of H-pyrrole nitrogens is 1. The van der Waals surface area contributed by atoms with Crippen LogP contribution in [0.15, 0.2) is 18.2 Å². The second-order valence-electron chi connectivity index (χ2n) is 7.79. The molecule has 3 heterocycles. The predicted molar refractivity (Wildman–Crippen MR) is 98.2 cm³/mol. The van der Waals surface area contributed by atoms with Crippen LogP contribution >= 0.6 is 0 Å². The number of imidazole rings is 1. The van der Waals surface area contributed by atoms with Crippen LogP contribution in [0.1, 0.15) is 30.7 Å². The summed E-state index contributed by atoms with van der Waals surface area (Å²) in [7, 11) is 1.87. The Labute approximate surface area is 148 Å². The van der Waals surface area contributed by atoms with Crippen LogP contribution in [-0.4, -0.2) is 53.5 Å². The van der Waals surface area contributed by atoms with E-state index >= 15 is 0 Å². The smallest absolute Gasteiger partial charge is 0.239 e. The molecule has 2 saturated heterocycles. The molecule has 2 aliphatic rings. The number of benzene rings is 1. The molecule has 0 aliphatic carbocycles. The van der Waals surface area contributed by atoms with Crippen molar-refractivity contribution in [3.05, 3.63) is 29.6 Å². The van der Waals surface area contributed by atoms with E-state index in [2.05, 4.69) is 39.7 Å². The second kappa shape index (κ2) is 6.42. The van der Waals surface area contributed by atoms with Crippen molar-refractivity contribution < 1.29 is 4.79 Å². The Hall–Kier alpha value is -1.92. The molecule has 1 atom stereocenters. The van der Waals surface area contributed by atoms with Crippen molar-refractivity contribution in [3.8, 4) is 0 Å². The fourth-order valence-corrected chi connectivity index (χ4v) is 4.25. The van der Waals surface area contributed by atoms with E-state index in [0.717, 1.165) is 55.8 Å². The Bertz CT molecular complexity index is 777. The Morgan fingerprint density at radius 2 is 2.16 bits per heavy atom. The van der Waals surface area contributed by atoms with Gasteiger partial charge in [-0.1, -0.05) is 6.07 Å². The minimum Gasteiger partial charge on any atom is -0.340 e. The third-order valence-electron chi connectivity index (χ3n) is 5.77. The Balaban J connectivity index is 1.41. The zero-order valence-electron chi connectivity index (χ0n) is 15.1. The molecule has 3 N–H and O–H groups in total. The highest BCUT2D eigenvalue weighted by Crippen LogP contribution is 2.37. The molecule has 0 saturated carbocycles. The first-order chi connectivity index (χ1) is 12.0. The van der Waals surface area contributed by atoms with Crippen molar-refractivity contribution in [2.75, 3.05) is 26.7 Å². The summed E-state index contributed by atoms with van der Waals surface area (Å²) in [5.74, 6) is 1.01. The lowest BCUT2D eigenvalue weighted by Gasteiger charge is -2.33. The Kier molecular flexibility index (Phi) is 4.25. The lowest BCUT2D eigenvalue weighted by molar-refractivity contribution is -0.132. The van der Waals surface area contributed by atoms with Crippen LogP contribution < -0.4 is 10.6 Å². The highest BCUT2D eigenvalue weighted by atomic mass is 16.2. The monoisotopic (exact) mass is 341 g/mol. The summed E-state index contributed by atoms with van der Waals surface area (Å²) < 4.78 is 0. The summed E-state index contributed by atoms with van der Waals surface area (Å²) in [6, 6.07) is 6.11. The maximum absolute atomic E-state index is 12.9. The van der Waals surface area contributed by atoms with Crippen molar-refractivity contribution in [1.29, 1.82) is 0 Å². The molecule has 1 amide bonds. The summed E-state index contributed by atoms with van der Waals surface area (Å²) in [5, 5.41) is 6.88. The minimum atomic E-state index is -0.0604. The van der Waals surface area contributed by atoms with Crippen molar-refractivity contribution >= 4 is 16.9 Å². The molecule has 4 rings (SSSR count). The van der Waals surface area contributed by atoms with Crippen LogP contribution in [-0.2, 0) is 11.3 Å². The predicted octanol–water partition coefficient (Wildman–Crippen LogP) is 1.56. The molecule has 1 spiro atoms. The summed E-state index contributed by atoms with van der Waals surface area (Å²) in [6.45, 7) is 5.67. The van der Waals surface area contributed by atoms with E-state index in [9.17, 15) is 4.79 Å². The zero-order valence-corrected chi connectivity index (χ0v) is 15.1. The van der Waals surface area contributed by atoms with Gasteiger partial charge in [0.1, 0.15) is 5.82 Å². The van der Waals surface area contributed by atoms with E-state index in [1.165, 1.54) is 5.56 Å². The summed E-state index contributed by atoms with van der Waals surface area (Å²) in [4.78, 5) is 22.6. The van der Waals surface area contributed by atoms with E-state index in [1.807, 2.05) is 13.1 Å². The van der Waals surface area contributed by atoms with Crippen LogP contribution in [0.4, 0.5) is 0 Å². The third kappa shape index (κ3) is 3.28. The van der Waals surface area contributed by atoms with Crippen molar-refractivity contribution in [3.63, 3.8) is 0 Å². The number of amides is 1. The van der Waals surface area contributed by atoms with Gasteiger partial charge in [0, 0.05) is 13.6 Å². The molecular weight excluding hydrogens is 314 g/mol. The number of nitrogens with one attached hydrogen (secondary N) is 3. The molecule has 25 heavy (non-hydrogen) atoms. The number of piperidine rings is 1. The number of carbonyl (C=O) groups excluding carboxylic acids is 1. The van der Waals surface area contributed by atoms with Gasteiger partial charge in [0.15, 0.2) is 0 Å². The van der Waals surface area contributed by atoms with E-state index in [0.29, 0.717) is 12.0 Å². The molecule has 6 nitrogen and oxygen atoms in total. The minimum absolute atomic E-state index is 0.0604. The van der Waals surface area contributed by atoms with Crippen LogP contribution in [0, 0.1) is 12.3 Å².